The van der Waals surface area contributed by atoms with Crippen LogP contribution in [-0.2, 0) is 5.41 Å². The third-order valence-corrected chi connectivity index (χ3v) is 4.32. The van der Waals surface area contributed by atoms with Crippen LogP contribution in [0.4, 0.5) is 17.1 Å². The van der Waals surface area contributed by atoms with Gasteiger partial charge in [-0.3, -0.25) is 4.99 Å². The second kappa shape index (κ2) is 5.34. The van der Waals surface area contributed by atoms with Crippen LogP contribution in [0.3, 0.4) is 0 Å². The van der Waals surface area contributed by atoms with Crippen molar-refractivity contribution < 1.29 is 0 Å². The van der Waals surface area contributed by atoms with Gasteiger partial charge in [0.25, 0.3) is 0 Å². The highest BCUT2D eigenvalue weighted by molar-refractivity contribution is 5.82. The number of hydrogen-bond donors (Lipinski definition) is 1. The summed E-state index contributed by atoms with van der Waals surface area (Å²) in [5.41, 5.74) is 11.2. The fourth-order valence-electron chi connectivity index (χ4n) is 3.10. The number of hydrogen-bond acceptors (Lipinski definition) is 3. The van der Waals surface area contributed by atoms with Crippen molar-refractivity contribution in [2.75, 3.05) is 17.7 Å². The number of benzene rings is 2. The standard InChI is InChI=1S/C19H21N3/c1-19(2)14-8-4-7-11-17(14)22(3)18(19)12-13-21-16-10-6-5-9-15(16)20/h4-13H,20H2,1-3H3. The van der Waals surface area contributed by atoms with Gasteiger partial charge in [0.15, 0.2) is 0 Å². The van der Waals surface area contributed by atoms with Gasteiger partial charge < -0.3 is 10.6 Å². The molecule has 0 aliphatic carbocycles. The summed E-state index contributed by atoms with van der Waals surface area (Å²) in [5.74, 6) is 0. The van der Waals surface area contributed by atoms with Crippen LogP contribution in [0.15, 0.2) is 65.3 Å². The lowest BCUT2D eigenvalue weighted by Gasteiger charge is -2.23. The van der Waals surface area contributed by atoms with Crippen LogP contribution in [0.1, 0.15) is 19.4 Å². The quantitative estimate of drug-likeness (QED) is 0.662. The van der Waals surface area contributed by atoms with Crippen molar-refractivity contribution in [2.24, 2.45) is 4.99 Å². The highest BCUT2D eigenvalue weighted by Crippen LogP contribution is 2.46. The predicted molar refractivity (Wildman–Crippen MR) is 95.0 cm³/mol. The Morgan fingerprint density at radius 2 is 1.73 bits per heavy atom. The smallest absolute Gasteiger partial charge is 0.0858 e. The molecular formula is C19H21N3. The first-order valence-electron chi connectivity index (χ1n) is 7.44. The largest absolute Gasteiger partial charge is 0.397 e. The molecule has 3 rings (SSSR count). The van der Waals surface area contributed by atoms with Gasteiger partial charge in [-0.2, -0.15) is 0 Å². The molecule has 1 aliphatic rings. The fourth-order valence-corrected chi connectivity index (χ4v) is 3.10. The molecule has 0 saturated heterocycles. The molecular weight excluding hydrogens is 270 g/mol. The molecule has 2 aromatic carbocycles. The first-order valence-corrected chi connectivity index (χ1v) is 7.44. The summed E-state index contributed by atoms with van der Waals surface area (Å²) in [6, 6.07) is 16.2. The van der Waals surface area contributed by atoms with Crippen LogP contribution in [-0.4, -0.2) is 13.3 Å². The molecule has 3 nitrogen and oxygen atoms in total. The van der Waals surface area contributed by atoms with Gasteiger partial charge in [0, 0.05) is 30.1 Å². The zero-order valence-electron chi connectivity index (χ0n) is 13.2. The van der Waals surface area contributed by atoms with E-state index < -0.39 is 0 Å². The van der Waals surface area contributed by atoms with Gasteiger partial charge in [-0.25, -0.2) is 0 Å². The Morgan fingerprint density at radius 1 is 1.05 bits per heavy atom. The Hall–Kier alpha value is -2.55. The number of rotatable bonds is 2. The van der Waals surface area contributed by atoms with E-state index in [1.165, 1.54) is 16.9 Å². The Morgan fingerprint density at radius 3 is 2.45 bits per heavy atom. The van der Waals surface area contributed by atoms with Gasteiger partial charge in [0.1, 0.15) is 0 Å². The highest BCUT2D eigenvalue weighted by Gasteiger charge is 2.37. The van der Waals surface area contributed by atoms with E-state index in [0.717, 1.165) is 5.69 Å². The normalized spacial score (nSPS) is 18.1. The van der Waals surface area contributed by atoms with Gasteiger partial charge in [0.05, 0.1) is 11.4 Å². The molecule has 1 heterocycles. The minimum atomic E-state index is -0.0282. The van der Waals surface area contributed by atoms with E-state index >= 15 is 0 Å². The van der Waals surface area contributed by atoms with Crippen molar-refractivity contribution in [3.8, 4) is 0 Å². The number of anilines is 2. The third kappa shape index (κ3) is 2.29. The maximum atomic E-state index is 5.92. The Bertz CT molecular complexity index is 757. The maximum Gasteiger partial charge on any atom is 0.0858 e. The monoisotopic (exact) mass is 291 g/mol. The number of para-hydroxylation sites is 3. The molecule has 0 bridgehead atoms. The minimum Gasteiger partial charge on any atom is -0.397 e. The lowest BCUT2D eigenvalue weighted by atomic mass is 9.84. The number of nitrogens with zero attached hydrogens (tertiary/aromatic N) is 2. The molecule has 0 unspecified atom stereocenters. The summed E-state index contributed by atoms with van der Waals surface area (Å²) in [4.78, 5) is 6.71. The molecule has 2 aromatic rings. The Kier molecular flexibility index (Phi) is 3.49. The summed E-state index contributed by atoms with van der Waals surface area (Å²) in [5, 5.41) is 0. The van der Waals surface area contributed by atoms with Gasteiger partial charge in [-0.1, -0.05) is 44.2 Å². The van der Waals surface area contributed by atoms with E-state index in [9.17, 15) is 0 Å². The van der Waals surface area contributed by atoms with Gasteiger partial charge in [0.2, 0.25) is 0 Å². The summed E-state index contributed by atoms with van der Waals surface area (Å²) in [6.45, 7) is 4.48. The number of allylic oxidation sites excluding steroid dienone is 2. The first-order chi connectivity index (χ1) is 10.5. The van der Waals surface area contributed by atoms with Gasteiger partial charge >= 0.3 is 0 Å². The zero-order valence-corrected chi connectivity index (χ0v) is 13.2. The summed E-state index contributed by atoms with van der Waals surface area (Å²) in [6.07, 6.45) is 3.91. The third-order valence-electron chi connectivity index (χ3n) is 4.32. The second-order valence-corrected chi connectivity index (χ2v) is 6.09. The second-order valence-electron chi connectivity index (χ2n) is 6.09. The molecule has 3 heteroatoms. The van der Waals surface area contributed by atoms with Crippen molar-refractivity contribution in [3.63, 3.8) is 0 Å². The SMILES string of the molecule is CN1C(=CC=Nc2ccccc2N)C(C)(C)c2ccccc21. The van der Waals surface area contributed by atoms with Crippen LogP contribution in [0.25, 0.3) is 0 Å². The van der Waals surface area contributed by atoms with E-state index in [-0.39, 0.29) is 5.41 Å². The molecule has 0 fully saturated rings. The van der Waals surface area contributed by atoms with E-state index in [4.69, 9.17) is 5.73 Å². The lowest BCUT2D eigenvalue weighted by molar-refractivity contribution is 0.641. The molecule has 0 radical (unpaired) electrons. The van der Waals surface area contributed by atoms with Crippen molar-refractivity contribution in [3.05, 3.63) is 65.9 Å². The van der Waals surface area contributed by atoms with E-state index in [2.05, 4.69) is 61.1 Å². The van der Waals surface area contributed by atoms with Crippen molar-refractivity contribution in [2.45, 2.75) is 19.3 Å². The van der Waals surface area contributed by atoms with Crippen molar-refractivity contribution in [1.29, 1.82) is 0 Å². The molecule has 0 aromatic heterocycles. The molecule has 0 atom stereocenters. The molecule has 0 amide bonds. The van der Waals surface area contributed by atoms with Gasteiger partial charge in [-0.15, -0.1) is 0 Å². The van der Waals surface area contributed by atoms with E-state index in [1.54, 1.807) is 0 Å². The van der Waals surface area contributed by atoms with Crippen molar-refractivity contribution >= 4 is 23.3 Å². The topological polar surface area (TPSA) is 41.6 Å². The molecule has 2 N–H and O–H groups in total. The number of nitrogens with two attached hydrogens (primary N) is 1. The zero-order chi connectivity index (χ0) is 15.7. The number of aliphatic imine (C=N–C) groups is 1. The number of fused-ring (bicyclic) bond motifs is 1. The summed E-state index contributed by atoms with van der Waals surface area (Å²) < 4.78 is 0. The first kappa shape index (κ1) is 14.4. The number of nitrogen functional groups attached to an aromatic ring is 1. The van der Waals surface area contributed by atoms with Crippen LogP contribution in [0.2, 0.25) is 0 Å². The summed E-state index contributed by atoms with van der Waals surface area (Å²) in [7, 11) is 2.10. The molecule has 112 valence electrons. The average molecular weight is 291 g/mol. The maximum absolute atomic E-state index is 5.92. The minimum absolute atomic E-state index is 0.0282. The highest BCUT2D eigenvalue weighted by atomic mass is 15.2. The van der Waals surface area contributed by atoms with Crippen LogP contribution >= 0.6 is 0 Å². The number of likely N-dealkylation sites (N-methyl/N-ethyl adjacent to an activating group) is 1. The molecule has 0 saturated carbocycles. The van der Waals surface area contributed by atoms with Gasteiger partial charge in [-0.05, 0) is 29.8 Å². The average Bonchev–Trinajstić information content (AvgIpc) is 2.70. The summed E-state index contributed by atoms with van der Waals surface area (Å²) >= 11 is 0. The Labute approximate surface area is 131 Å². The Balaban J connectivity index is 1.94. The fraction of sp³-hybridized carbons (Fsp3) is 0.211. The van der Waals surface area contributed by atoms with Crippen molar-refractivity contribution in [1.82, 2.24) is 0 Å². The lowest BCUT2D eigenvalue weighted by Crippen LogP contribution is -2.23. The van der Waals surface area contributed by atoms with Crippen LogP contribution in [0.5, 0.6) is 0 Å². The van der Waals surface area contributed by atoms with E-state index in [1.807, 2.05) is 30.5 Å². The predicted octanol–water partition coefficient (Wildman–Crippen LogP) is 4.28. The van der Waals surface area contributed by atoms with Crippen LogP contribution < -0.4 is 10.6 Å². The molecule has 1 aliphatic heterocycles. The van der Waals surface area contributed by atoms with Crippen LogP contribution in [0, 0.1) is 0 Å². The molecule has 0 spiro atoms. The van der Waals surface area contributed by atoms with E-state index in [0.29, 0.717) is 5.69 Å². The molecule has 22 heavy (non-hydrogen) atoms.